The third kappa shape index (κ3) is 2.29. The molecular weight excluding hydrogens is 256 g/mol. The van der Waals surface area contributed by atoms with Crippen LogP contribution in [0.3, 0.4) is 0 Å². The Bertz CT molecular complexity index is 519. The maximum atomic E-state index is 12.2. The van der Waals surface area contributed by atoms with Crippen LogP contribution in [-0.2, 0) is 0 Å². The van der Waals surface area contributed by atoms with Gasteiger partial charge < -0.3 is 20.0 Å². The molecular formula is C14H18N4O2. The Morgan fingerprint density at radius 2 is 1.95 bits per heavy atom. The van der Waals surface area contributed by atoms with Crippen molar-refractivity contribution in [1.82, 2.24) is 14.7 Å². The van der Waals surface area contributed by atoms with E-state index < -0.39 is 0 Å². The number of amides is 4. The quantitative estimate of drug-likeness (QED) is 0.838. The van der Waals surface area contributed by atoms with E-state index in [1.807, 2.05) is 35.2 Å². The number of hydrogen-bond donors (Lipinski definition) is 1. The summed E-state index contributed by atoms with van der Waals surface area (Å²) in [7, 11) is 1.80. The van der Waals surface area contributed by atoms with Crippen molar-refractivity contribution < 1.29 is 9.59 Å². The van der Waals surface area contributed by atoms with Crippen LogP contribution in [0.2, 0.25) is 0 Å². The largest absolute Gasteiger partial charge is 0.326 e. The molecule has 20 heavy (non-hydrogen) atoms. The van der Waals surface area contributed by atoms with Crippen molar-refractivity contribution in [2.45, 2.75) is 6.04 Å². The Balaban J connectivity index is 1.62. The van der Waals surface area contributed by atoms with Crippen LogP contribution in [0, 0.1) is 0 Å². The molecule has 2 heterocycles. The van der Waals surface area contributed by atoms with Crippen LogP contribution < -0.4 is 5.32 Å². The average Bonchev–Trinajstić information content (AvgIpc) is 2.74. The average molecular weight is 274 g/mol. The minimum absolute atomic E-state index is 0.0677. The number of anilines is 1. The molecule has 2 aliphatic rings. The number of benzene rings is 1. The molecule has 106 valence electrons. The van der Waals surface area contributed by atoms with Crippen molar-refractivity contribution >= 4 is 17.7 Å². The lowest BCUT2D eigenvalue weighted by molar-refractivity contribution is 0.135. The van der Waals surface area contributed by atoms with Crippen LogP contribution in [0.4, 0.5) is 15.3 Å². The number of nitrogens with one attached hydrogen (secondary N) is 1. The third-order valence-electron chi connectivity index (χ3n) is 3.85. The number of para-hydroxylation sites is 1. The van der Waals surface area contributed by atoms with Gasteiger partial charge in [-0.05, 0) is 12.1 Å². The van der Waals surface area contributed by atoms with Crippen LogP contribution in [-0.4, -0.2) is 66.0 Å². The molecule has 6 nitrogen and oxygen atoms in total. The molecule has 1 aromatic carbocycles. The molecule has 2 fully saturated rings. The van der Waals surface area contributed by atoms with E-state index in [-0.39, 0.29) is 18.1 Å². The summed E-state index contributed by atoms with van der Waals surface area (Å²) in [6, 6.07) is 9.49. The van der Waals surface area contributed by atoms with Gasteiger partial charge >= 0.3 is 12.1 Å². The second kappa shape index (κ2) is 5.03. The maximum Gasteiger partial charge on any atom is 0.321 e. The summed E-state index contributed by atoms with van der Waals surface area (Å²) in [4.78, 5) is 29.4. The van der Waals surface area contributed by atoms with E-state index in [1.165, 1.54) is 0 Å². The van der Waals surface area contributed by atoms with Gasteiger partial charge in [-0.2, -0.15) is 0 Å². The van der Waals surface area contributed by atoms with E-state index in [0.717, 1.165) is 5.69 Å². The normalized spacial score (nSPS) is 21.9. The van der Waals surface area contributed by atoms with Gasteiger partial charge in [-0.25, -0.2) is 9.59 Å². The topological polar surface area (TPSA) is 55.9 Å². The Morgan fingerprint density at radius 3 is 2.70 bits per heavy atom. The van der Waals surface area contributed by atoms with Gasteiger partial charge in [-0.1, -0.05) is 18.2 Å². The van der Waals surface area contributed by atoms with Crippen LogP contribution in [0.1, 0.15) is 0 Å². The molecule has 6 heteroatoms. The van der Waals surface area contributed by atoms with Gasteiger partial charge in [-0.3, -0.25) is 0 Å². The molecule has 1 aromatic rings. The highest BCUT2D eigenvalue weighted by molar-refractivity contribution is 5.89. The van der Waals surface area contributed by atoms with Crippen molar-refractivity contribution in [1.29, 1.82) is 0 Å². The first-order valence-electron chi connectivity index (χ1n) is 6.78. The second-order valence-corrected chi connectivity index (χ2v) is 5.25. The van der Waals surface area contributed by atoms with E-state index in [4.69, 9.17) is 0 Å². The first-order chi connectivity index (χ1) is 9.65. The minimum atomic E-state index is -0.0992. The van der Waals surface area contributed by atoms with Crippen molar-refractivity contribution in [2.24, 2.45) is 0 Å². The zero-order chi connectivity index (χ0) is 14.1. The Labute approximate surface area is 117 Å². The molecule has 0 radical (unpaired) electrons. The number of hydrogen-bond acceptors (Lipinski definition) is 2. The summed E-state index contributed by atoms with van der Waals surface area (Å²) in [5.41, 5.74) is 0.791. The monoisotopic (exact) mass is 274 g/mol. The first-order valence-corrected chi connectivity index (χ1v) is 6.78. The number of piperazine rings is 1. The lowest BCUT2D eigenvalue weighted by Gasteiger charge is -2.36. The zero-order valence-electron chi connectivity index (χ0n) is 11.5. The summed E-state index contributed by atoms with van der Waals surface area (Å²) in [6.07, 6.45) is 0. The predicted molar refractivity (Wildman–Crippen MR) is 75.6 cm³/mol. The predicted octanol–water partition coefficient (Wildman–Crippen LogP) is 1.27. The molecule has 0 aromatic heterocycles. The minimum Gasteiger partial charge on any atom is -0.326 e. The summed E-state index contributed by atoms with van der Waals surface area (Å²) in [5, 5.41) is 2.88. The third-order valence-corrected chi connectivity index (χ3v) is 3.85. The van der Waals surface area contributed by atoms with Crippen LogP contribution in [0.5, 0.6) is 0 Å². The highest BCUT2D eigenvalue weighted by Gasteiger charge is 2.39. The molecule has 1 atom stereocenters. The van der Waals surface area contributed by atoms with Gasteiger partial charge in [0.05, 0.1) is 6.04 Å². The Morgan fingerprint density at radius 1 is 1.20 bits per heavy atom. The molecule has 4 amide bonds. The molecule has 0 bridgehead atoms. The van der Waals surface area contributed by atoms with E-state index in [2.05, 4.69) is 5.32 Å². The maximum absolute atomic E-state index is 12.2. The number of urea groups is 2. The van der Waals surface area contributed by atoms with Gasteiger partial charge in [-0.15, -0.1) is 0 Å². The van der Waals surface area contributed by atoms with Crippen molar-refractivity contribution in [3.8, 4) is 0 Å². The number of nitrogens with zero attached hydrogens (tertiary/aromatic N) is 3. The number of likely N-dealkylation sites (N-methyl/N-ethyl adjacent to an activating group) is 1. The molecule has 0 unspecified atom stereocenters. The molecule has 1 N–H and O–H groups in total. The van der Waals surface area contributed by atoms with Gasteiger partial charge in [0, 0.05) is 38.9 Å². The van der Waals surface area contributed by atoms with E-state index >= 15 is 0 Å². The number of carbonyl (C=O) groups is 2. The summed E-state index contributed by atoms with van der Waals surface area (Å²) >= 11 is 0. The highest BCUT2D eigenvalue weighted by Crippen LogP contribution is 2.19. The SMILES string of the molecule is CN1C[C@H]2CN(C(=O)Nc3ccccc3)CCN2C1=O. The molecule has 2 saturated heterocycles. The highest BCUT2D eigenvalue weighted by atomic mass is 16.2. The first kappa shape index (κ1) is 12.8. The van der Waals surface area contributed by atoms with Crippen LogP contribution >= 0.6 is 0 Å². The van der Waals surface area contributed by atoms with E-state index in [1.54, 1.807) is 16.8 Å². The smallest absolute Gasteiger partial charge is 0.321 e. The van der Waals surface area contributed by atoms with Gasteiger partial charge in [0.25, 0.3) is 0 Å². The molecule has 0 aliphatic carbocycles. The molecule has 3 rings (SSSR count). The fraction of sp³-hybridized carbons (Fsp3) is 0.429. The summed E-state index contributed by atoms with van der Waals surface area (Å²) in [6.45, 7) is 2.47. The van der Waals surface area contributed by atoms with Crippen molar-refractivity contribution in [3.05, 3.63) is 30.3 Å². The number of carbonyl (C=O) groups excluding carboxylic acids is 2. The Kier molecular flexibility index (Phi) is 3.22. The van der Waals surface area contributed by atoms with E-state index in [0.29, 0.717) is 26.2 Å². The van der Waals surface area contributed by atoms with Crippen LogP contribution in [0.25, 0.3) is 0 Å². The van der Waals surface area contributed by atoms with Crippen molar-refractivity contribution in [2.75, 3.05) is 38.5 Å². The number of rotatable bonds is 1. The fourth-order valence-corrected chi connectivity index (χ4v) is 2.79. The van der Waals surface area contributed by atoms with Gasteiger partial charge in [0.2, 0.25) is 0 Å². The van der Waals surface area contributed by atoms with Gasteiger partial charge in [0.15, 0.2) is 0 Å². The lowest BCUT2D eigenvalue weighted by atomic mass is 10.2. The lowest BCUT2D eigenvalue weighted by Crippen LogP contribution is -2.54. The standard InChI is InChI=1S/C14H18N4O2/c1-16-9-12-10-17(7-8-18(12)14(16)20)13(19)15-11-5-3-2-4-6-11/h2-6,12H,7-10H2,1H3,(H,15,19)/t12-/m0/s1. The Hall–Kier alpha value is -2.24. The molecule has 0 saturated carbocycles. The van der Waals surface area contributed by atoms with Crippen LogP contribution in [0.15, 0.2) is 30.3 Å². The van der Waals surface area contributed by atoms with Gasteiger partial charge in [0.1, 0.15) is 0 Å². The van der Waals surface area contributed by atoms with E-state index in [9.17, 15) is 9.59 Å². The molecule has 0 spiro atoms. The second-order valence-electron chi connectivity index (χ2n) is 5.25. The number of fused-ring (bicyclic) bond motifs is 1. The van der Waals surface area contributed by atoms with Crippen molar-refractivity contribution in [3.63, 3.8) is 0 Å². The molecule has 2 aliphatic heterocycles. The summed E-state index contributed by atoms with van der Waals surface area (Å²) < 4.78 is 0. The summed E-state index contributed by atoms with van der Waals surface area (Å²) in [5.74, 6) is 0. The fourth-order valence-electron chi connectivity index (χ4n) is 2.79. The zero-order valence-corrected chi connectivity index (χ0v) is 11.5.